The van der Waals surface area contributed by atoms with Gasteiger partial charge in [0.25, 0.3) is 0 Å². The summed E-state index contributed by atoms with van der Waals surface area (Å²) in [5.74, 6) is -0.664. The Morgan fingerprint density at radius 1 is 1.24 bits per heavy atom. The Balaban J connectivity index is 3.00. The number of nitrogens with zero attached hydrogens (tertiary/aromatic N) is 1. The van der Waals surface area contributed by atoms with Gasteiger partial charge in [-0.3, -0.25) is 4.79 Å². The van der Waals surface area contributed by atoms with Gasteiger partial charge >= 0.3 is 0 Å². The normalized spacial score (nSPS) is 21.9. The number of hydrogen-bond acceptors (Lipinski definition) is 5. The van der Waals surface area contributed by atoms with Crippen molar-refractivity contribution >= 4 is 21.6 Å². The van der Waals surface area contributed by atoms with E-state index in [2.05, 4.69) is 10.5 Å². The zero-order valence-corrected chi connectivity index (χ0v) is 13.4. The Bertz CT molecular complexity index is 494. The fraction of sp³-hybridized carbons (Fsp3) is 0.846. The molecule has 0 radical (unpaired) electrons. The first-order chi connectivity index (χ1) is 9.73. The van der Waals surface area contributed by atoms with Gasteiger partial charge in [0.2, 0.25) is 5.91 Å². The van der Waals surface area contributed by atoms with Crippen LogP contribution in [0, 0.1) is 0 Å². The van der Waals surface area contributed by atoms with E-state index in [4.69, 9.17) is 10.9 Å². The third-order valence-electron chi connectivity index (χ3n) is 4.18. The highest BCUT2D eigenvalue weighted by Crippen LogP contribution is 2.27. The average Bonchev–Trinajstić information content (AvgIpc) is 2.39. The van der Waals surface area contributed by atoms with Crippen LogP contribution in [-0.4, -0.2) is 42.4 Å². The lowest BCUT2D eigenvalue weighted by molar-refractivity contribution is -0.121. The largest absolute Gasteiger partial charge is 0.409 e. The van der Waals surface area contributed by atoms with Crippen LogP contribution in [0.3, 0.4) is 0 Å². The highest BCUT2D eigenvalue weighted by Gasteiger charge is 2.39. The Morgan fingerprint density at radius 3 is 2.14 bits per heavy atom. The predicted octanol–water partition coefficient (Wildman–Crippen LogP) is 0.765. The molecule has 1 atom stereocenters. The molecular formula is C13H25N3O4S. The van der Waals surface area contributed by atoms with Crippen LogP contribution in [0.1, 0.15) is 51.9 Å². The van der Waals surface area contributed by atoms with Gasteiger partial charge < -0.3 is 16.3 Å². The van der Waals surface area contributed by atoms with Crippen molar-refractivity contribution in [1.29, 1.82) is 0 Å². The SMILES string of the molecule is CC(C(=O)NC1(C(N)=NO)CCCCCCC1)S(C)(=O)=O. The second kappa shape index (κ2) is 7.11. The van der Waals surface area contributed by atoms with E-state index in [1.807, 2.05) is 0 Å². The monoisotopic (exact) mass is 319 g/mol. The van der Waals surface area contributed by atoms with E-state index in [1.54, 1.807) is 0 Å². The summed E-state index contributed by atoms with van der Waals surface area (Å²) in [6.45, 7) is 1.34. The zero-order valence-electron chi connectivity index (χ0n) is 12.6. The number of carbonyl (C=O) groups excluding carboxylic acids is 1. The van der Waals surface area contributed by atoms with Crippen LogP contribution in [0.5, 0.6) is 0 Å². The molecule has 0 aromatic rings. The quantitative estimate of drug-likeness (QED) is 0.306. The molecule has 1 rings (SSSR count). The molecule has 0 aromatic carbocycles. The Morgan fingerprint density at radius 2 is 1.71 bits per heavy atom. The Labute approximate surface area is 125 Å². The van der Waals surface area contributed by atoms with Crippen molar-refractivity contribution in [2.75, 3.05) is 6.26 Å². The molecule has 1 amide bonds. The minimum absolute atomic E-state index is 0.0570. The van der Waals surface area contributed by atoms with Crippen molar-refractivity contribution in [2.45, 2.75) is 62.7 Å². The van der Waals surface area contributed by atoms with E-state index in [0.717, 1.165) is 38.4 Å². The first kappa shape index (κ1) is 17.7. The number of oxime groups is 1. The molecule has 0 bridgehead atoms. The summed E-state index contributed by atoms with van der Waals surface area (Å²) in [7, 11) is -3.48. The minimum atomic E-state index is -3.48. The summed E-state index contributed by atoms with van der Waals surface area (Å²) in [4.78, 5) is 12.2. The molecular weight excluding hydrogens is 294 g/mol. The first-order valence-corrected chi connectivity index (χ1v) is 9.17. The third-order valence-corrected chi connectivity index (χ3v) is 5.68. The number of nitrogens with two attached hydrogens (primary N) is 1. The van der Waals surface area contributed by atoms with Gasteiger partial charge in [0.1, 0.15) is 10.8 Å². The first-order valence-electron chi connectivity index (χ1n) is 7.22. The summed E-state index contributed by atoms with van der Waals surface area (Å²) in [6.07, 6.45) is 6.94. The molecule has 7 nitrogen and oxygen atoms in total. The molecule has 4 N–H and O–H groups in total. The number of nitrogens with one attached hydrogen (secondary N) is 1. The van der Waals surface area contributed by atoms with Crippen molar-refractivity contribution in [3.05, 3.63) is 0 Å². The number of hydrogen-bond donors (Lipinski definition) is 3. The topological polar surface area (TPSA) is 122 Å². The van der Waals surface area contributed by atoms with Crippen molar-refractivity contribution in [1.82, 2.24) is 5.32 Å². The molecule has 0 aromatic heterocycles. The van der Waals surface area contributed by atoms with E-state index in [-0.39, 0.29) is 5.84 Å². The standard InChI is InChI=1S/C13H25N3O4S/c1-10(21(2,19)20)11(17)15-13(12(14)16-18)8-6-4-3-5-7-9-13/h10,18H,3-9H2,1-2H3,(H2,14,16)(H,15,17). The van der Waals surface area contributed by atoms with Crippen LogP contribution in [0.2, 0.25) is 0 Å². The average molecular weight is 319 g/mol. The van der Waals surface area contributed by atoms with E-state index in [9.17, 15) is 13.2 Å². The molecule has 1 unspecified atom stereocenters. The fourth-order valence-electron chi connectivity index (χ4n) is 2.58. The van der Waals surface area contributed by atoms with Crippen LogP contribution < -0.4 is 11.1 Å². The van der Waals surface area contributed by atoms with Crippen molar-refractivity contribution < 1.29 is 18.4 Å². The van der Waals surface area contributed by atoms with Gasteiger partial charge in [0.15, 0.2) is 15.7 Å². The molecule has 1 fully saturated rings. The zero-order chi connectivity index (χ0) is 16.1. The molecule has 1 saturated carbocycles. The molecule has 1 aliphatic rings. The Kier molecular flexibility index (Phi) is 6.00. The summed E-state index contributed by atoms with van der Waals surface area (Å²) < 4.78 is 23.0. The number of amidine groups is 1. The summed E-state index contributed by atoms with van der Waals surface area (Å²) in [6, 6.07) is 0. The maximum absolute atomic E-state index is 12.2. The lowest BCUT2D eigenvalue weighted by Crippen LogP contribution is -2.60. The maximum atomic E-state index is 12.2. The molecule has 8 heteroatoms. The third kappa shape index (κ3) is 4.59. The Hall–Kier alpha value is -1.31. The van der Waals surface area contributed by atoms with Crippen molar-refractivity contribution in [3.8, 4) is 0 Å². The van der Waals surface area contributed by atoms with E-state index >= 15 is 0 Å². The minimum Gasteiger partial charge on any atom is -0.409 e. The molecule has 0 heterocycles. The molecule has 0 saturated heterocycles. The van der Waals surface area contributed by atoms with Crippen molar-refractivity contribution in [2.24, 2.45) is 10.9 Å². The smallest absolute Gasteiger partial charge is 0.238 e. The van der Waals surface area contributed by atoms with E-state index in [1.165, 1.54) is 6.92 Å². The summed E-state index contributed by atoms with van der Waals surface area (Å²) in [5, 5.41) is 13.6. The lowest BCUT2D eigenvalue weighted by atomic mass is 9.82. The van der Waals surface area contributed by atoms with Gasteiger partial charge in [0.05, 0.1) is 0 Å². The van der Waals surface area contributed by atoms with Crippen LogP contribution in [0.4, 0.5) is 0 Å². The van der Waals surface area contributed by atoms with Gasteiger partial charge in [-0.1, -0.05) is 37.3 Å². The number of rotatable bonds is 4. The number of sulfone groups is 1. The maximum Gasteiger partial charge on any atom is 0.238 e. The highest BCUT2D eigenvalue weighted by molar-refractivity contribution is 7.92. The van der Waals surface area contributed by atoms with Gasteiger partial charge in [-0.25, -0.2) is 8.42 Å². The van der Waals surface area contributed by atoms with Crippen LogP contribution in [-0.2, 0) is 14.6 Å². The molecule has 0 aliphatic heterocycles. The summed E-state index contributed by atoms with van der Waals surface area (Å²) >= 11 is 0. The van der Waals surface area contributed by atoms with Gasteiger partial charge in [-0.2, -0.15) is 0 Å². The van der Waals surface area contributed by atoms with Crippen LogP contribution >= 0.6 is 0 Å². The number of carbonyl (C=O) groups is 1. The van der Waals surface area contributed by atoms with Crippen LogP contribution in [0.15, 0.2) is 5.16 Å². The molecule has 122 valence electrons. The second-order valence-electron chi connectivity index (χ2n) is 5.80. The van der Waals surface area contributed by atoms with Crippen LogP contribution in [0.25, 0.3) is 0 Å². The predicted molar refractivity (Wildman–Crippen MR) is 80.9 cm³/mol. The summed E-state index contributed by atoms with van der Waals surface area (Å²) in [5.41, 5.74) is 4.84. The lowest BCUT2D eigenvalue weighted by Gasteiger charge is -2.35. The van der Waals surface area contributed by atoms with Gasteiger partial charge in [-0.05, 0) is 19.8 Å². The molecule has 0 spiro atoms. The number of amides is 1. The second-order valence-corrected chi connectivity index (χ2v) is 8.16. The highest BCUT2D eigenvalue weighted by atomic mass is 32.2. The van der Waals surface area contributed by atoms with Gasteiger partial charge in [0, 0.05) is 6.26 Å². The molecule has 1 aliphatic carbocycles. The van der Waals surface area contributed by atoms with Crippen molar-refractivity contribution in [3.63, 3.8) is 0 Å². The van der Waals surface area contributed by atoms with E-state index in [0.29, 0.717) is 12.8 Å². The fourth-order valence-corrected chi connectivity index (χ4v) is 3.03. The van der Waals surface area contributed by atoms with E-state index < -0.39 is 26.5 Å². The van der Waals surface area contributed by atoms with Gasteiger partial charge in [-0.15, -0.1) is 0 Å². The molecule has 21 heavy (non-hydrogen) atoms.